The fourth-order valence-corrected chi connectivity index (χ4v) is 5.36. The molecular weight excluding hydrogens is 588 g/mol. The van der Waals surface area contributed by atoms with Crippen molar-refractivity contribution in [1.29, 1.82) is 0 Å². The summed E-state index contributed by atoms with van der Waals surface area (Å²) in [6.07, 6.45) is 1.75. The Balaban J connectivity index is 1.52. The van der Waals surface area contributed by atoms with Crippen molar-refractivity contribution >= 4 is 27.5 Å². The zero-order valence-corrected chi connectivity index (χ0v) is 24.5. The van der Waals surface area contributed by atoms with Crippen LogP contribution < -0.4 is 14.8 Å². The van der Waals surface area contributed by atoms with Crippen molar-refractivity contribution in [3.05, 3.63) is 139 Å². The number of sulfonamides is 1. The standard InChI is InChI=1S/C33H31F2N3O5S/c1-2-20-36-33(40)31(21-24-6-4-3-5-7-24)38(22-25-8-10-26(34)11-9-25)32(39)23-43-29-16-18-30(19-17-29)44(41,42)37-28-14-12-27(35)13-15-28/h2-19,31,37H,1,20-23H2,(H,36,40)/t31-/m0/s1. The van der Waals surface area contributed by atoms with Crippen molar-refractivity contribution in [2.24, 2.45) is 0 Å². The second-order valence-corrected chi connectivity index (χ2v) is 11.4. The number of nitrogens with zero attached hydrogens (tertiary/aromatic N) is 1. The predicted molar refractivity (Wildman–Crippen MR) is 163 cm³/mol. The molecule has 0 aliphatic rings. The highest BCUT2D eigenvalue weighted by molar-refractivity contribution is 7.92. The lowest BCUT2D eigenvalue weighted by Gasteiger charge is -2.31. The summed E-state index contributed by atoms with van der Waals surface area (Å²) in [6.45, 7) is 3.38. The summed E-state index contributed by atoms with van der Waals surface area (Å²) in [5.41, 5.74) is 1.63. The molecule has 4 aromatic carbocycles. The molecule has 228 valence electrons. The number of nitrogens with one attached hydrogen (secondary N) is 2. The number of hydrogen-bond acceptors (Lipinski definition) is 5. The number of carbonyl (C=O) groups excluding carboxylic acids is 2. The summed E-state index contributed by atoms with van der Waals surface area (Å²) in [5, 5.41) is 2.76. The van der Waals surface area contributed by atoms with Crippen molar-refractivity contribution < 1.29 is 31.5 Å². The Morgan fingerprint density at radius 2 is 1.45 bits per heavy atom. The topological polar surface area (TPSA) is 105 Å². The smallest absolute Gasteiger partial charge is 0.261 e. The maximum absolute atomic E-state index is 13.6. The van der Waals surface area contributed by atoms with Crippen LogP contribution in [0, 0.1) is 11.6 Å². The van der Waals surface area contributed by atoms with Crippen LogP contribution in [-0.4, -0.2) is 44.3 Å². The van der Waals surface area contributed by atoms with Crippen LogP contribution in [0.4, 0.5) is 14.5 Å². The molecule has 8 nitrogen and oxygen atoms in total. The van der Waals surface area contributed by atoms with Crippen molar-refractivity contribution in [2.75, 3.05) is 17.9 Å². The molecule has 0 bridgehead atoms. The molecule has 0 saturated heterocycles. The van der Waals surface area contributed by atoms with Crippen LogP contribution in [0.2, 0.25) is 0 Å². The maximum Gasteiger partial charge on any atom is 0.261 e. The molecule has 2 N–H and O–H groups in total. The number of hydrogen-bond donors (Lipinski definition) is 2. The fourth-order valence-electron chi connectivity index (χ4n) is 4.31. The van der Waals surface area contributed by atoms with E-state index in [1.807, 2.05) is 30.3 Å². The van der Waals surface area contributed by atoms with E-state index in [2.05, 4.69) is 16.6 Å². The molecule has 1 atom stereocenters. The van der Waals surface area contributed by atoms with Gasteiger partial charge in [-0.3, -0.25) is 14.3 Å². The Hall–Kier alpha value is -5.03. The minimum absolute atomic E-state index is 0.00766. The van der Waals surface area contributed by atoms with E-state index in [-0.39, 0.29) is 35.8 Å². The summed E-state index contributed by atoms with van der Waals surface area (Å²) < 4.78 is 60.3. The zero-order valence-electron chi connectivity index (χ0n) is 23.7. The highest BCUT2D eigenvalue weighted by atomic mass is 32.2. The zero-order chi connectivity index (χ0) is 31.5. The Labute approximate surface area is 255 Å². The van der Waals surface area contributed by atoms with Crippen molar-refractivity contribution in [1.82, 2.24) is 10.2 Å². The third-order valence-corrected chi connectivity index (χ3v) is 7.95. The molecule has 0 fully saturated rings. The van der Waals surface area contributed by atoms with Gasteiger partial charge in [-0.25, -0.2) is 17.2 Å². The lowest BCUT2D eigenvalue weighted by atomic mass is 10.0. The highest BCUT2D eigenvalue weighted by Gasteiger charge is 2.30. The van der Waals surface area contributed by atoms with Gasteiger partial charge in [0, 0.05) is 25.2 Å². The van der Waals surface area contributed by atoms with E-state index in [9.17, 15) is 26.8 Å². The van der Waals surface area contributed by atoms with Crippen molar-refractivity contribution in [3.8, 4) is 5.75 Å². The molecule has 0 saturated carbocycles. The first kappa shape index (κ1) is 31.9. The van der Waals surface area contributed by atoms with E-state index in [1.165, 1.54) is 71.6 Å². The number of benzene rings is 4. The molecule has 2 amide bonds. The second kappa shape index (κ2) is 14.9. The largest absolute Gasteiger partial charge is 0.484 e. The molecule has 44 heavy (non-hydrogen) atoms. The van der Waals surface area contributed by atoms with Crippen LogP contribution in [0.5, 0.6) is 5.75 Å². The van der Waals surface area contributed by atoms with Gasteiger partial charge in [-0.1, -0.05) is 48.5 Å². The summed E-state index contributed by atoms with van der Waals surface area (Å²) in [5.74, 6) is -1.62. The molecule has 0 aliphatic heterocycles. The van der Waals surface area contributed by atoms with E-state index in [0.29, 0.717) is 5.56 Å². The normalized spacial score (nSPS) is 11.7. The van der Waals surface area contributed by atoms with E-state index in [4.69, 9.17) is 4.74 Å². The van der Waals surface area contributed by atoms with E-state index < -0.39 is 46.1 Å². The van der Waals surface area contributed by atoms with Gasteiger partial charge in [0.2, 0.25) is 5.91 Å². The van der Waals surface area contributed by atoms with Gasteiger partial charge >= 0.3 is 0 Å². The molecule has 0 radical (unpaired) electrons. The van der Waals surface area contributed by atoms with Gasteiger partial charge in [-0.05, 0) is 71.8 Å². The summed E-state index contributed by atoms with van der Waals surface area (Å²) in [4.78, 5) is 28.3. The van der Waals surface area contributed by atoms with Gasteiger partial charge in [-0.2, -0.15) is 0 Å². The highest BCUT2D eigenvalue weighted by Crippen LogP contribution is 2.21. The van der Waals surface area contributed by atoms with Crippen LogP contribution in [0.1, 0.15) is 11.1 Å². The Kier molecular flexibility index (Phi) is 10.8. The Morgan fingerprint density at radius 1 is 0.841 bits per heavy atom. The lowest BCUT2D eigenvalue weighted by Crippen LogP contribution is -2.51. The fraction of sp³-hybridized carbons (Fsp3) is 0.152. The van der Waals surface area contributed by atoms with Gasteiger partial charge in [0.15, 0.2) is 6.61 Å². The molecule has 0 spiro atoms. The number of rotatable bonds is 14. The van der Waals surface area contributed by atoms with Gasteiger partial charge < -0.3 is 15.0 Å². The Bertz CT molecular complexity index is 1670. The first-order valence-corrected chi connectivity index (χ1v) is 15.1. The third kappa shape index (κ3) is 8.98. The molecule has 0 unspecified atom stereocenters. The first-order chi connectivity index (χ1) is 21.1. The van der Waals surface area contributed by atoms with Crippen LogP contribution in [0.3, 0.4) is 0 Å². The van der Waals surface area contributed by atoms with Crippen LogP contribution >= 0.6 is 0 Å². The minimum Gasteiger partial charge on any atom is -0.484 e. The lowest BCUT2D eigenvalue weighted by molar-refractivity contribution is -0.142. The van der Waals surface area contributed by atoms with Gasteiger partial charge in [-0.15, -0.1) is 6.58 Å². The van der Waals surface area contributed by atoms with Gasteiger partial charge in [0.05, 0.1) is 4.90 Å². The van der Waals surface area contributed by atoms with E-state index >= 15 is 0 Å². The molecule has 0 heterocycles. The summed E-state index contributed by atoms with van der Waals surface area (Å²) in [7, 11) is -3.96. The SMILES string of the molecule is C=CCNC(=O)[C@H](Cc1ccccc1)N(Cc1ccc(F)cc1)C(=O)COc1ccc(S(=O)(=O)Nc2ccc(F)cc2)cc1. The van der Waals surface area contributed by atoms with E-state index in [0.717, 1.165) is 17.7 Å². The molecular formula is C33H31F2N3O5S. The predicted octanol–water partition coefficient (Wildman–Crippen LogP) is 5.09. The van der Waals surface area contributed by atoms with Crippen LogP contribution in [0.15, 0.2) is 121 Å². The third-order valence-electron chi connectivity index (χ3n) is 6.55. The average Bonchev–Trinajstić information content (AvgIpc) is 3.03. The Morgan fingerprint density at radius 3 is 2.07 bits per heavy atom. The minimum atomic E-state index is -3.96. The monoisotopic (exact) mass is 619 g/mol. The number of carbonyl (C=O) groups is 2. The van der Waals surface area contributed by atoms with Crippen LogP contribution in [0.25, 0.3) is 0 Å². The van der Waals surface area contributed by atoms with Crippen molar-refractivity contribution in [3.63, 3.8) is 0 Å². The van der Waals surface area contributed by atoms with Crippen LogP contribution in [-0.2, 0) is 32.6 Å². The molecule has 4 aromatic rings. The number of anilines is 1. The second-order valence-electron chi connectivity index (χ2n) is 9.76. The molecule has 0 aliphatic carbocycles. The first-order valence-electron chi connectivity index (χ1n) is 13.6. The van der Waals surface area contributed by atoms with E-state index in [1.54, 1.807) is 0 Å². The maximum atomic E-state index is 13.6. The number of ether oxygens (including phenoxy) is 1. The van der Waals surface area contributed by atoms with Crippen molar-refractivity contribution in [2.45, 2.75) is 23.9 Å². The summed E-state index contributed by atoms with van der Waals surface area (Å²) >= 11 is 0. The van der Waals surface area contributed by atoms with Gasteiger partial charge in [0.25, 0.3) is 15.9 Å². The number of halogens is 2. The number of amides is 2. The molecule has 11 heteroatoms. The quantitative estimate of drug-likeness (QED) is 0.192. The molecule has 4 rings (SSSR count). The average molecular weight is 620 g/mol. The van der Waals surface area contributed by atoms with Gasteiger partial charge in [0.1, 0.15) is 23.4 Å². The molecule has 0 aromatic heterocycles. The summed E-state index contributed by atoms with van der Waals surface area (Å²) in [6, 6.07) is 24.2.